The van der Waals surface area contributed by atoms with Gasteiger partial charge >= 0.3 is 0 Å². The molecule has 0 aliphatic rings. The summed E-state index contributed by atoms with van der Waals surface area (Å²) >= 11 is 0. The molecule has 2 aromatic rings. The summed E-state index contributed by atoms with van der Waals surface area (Å²) in [6.07, 6.45) is 0.414. The van der Waals surface area contributed by atoms with Crippen LogP contribution < -0.4 is 10.5 Å². The minimum atomic E-state index is -0.854. The van der Waals surface area contributed by atoms with Crippen LogP contribution in [0.3, 0.4) is 0 Å². The Kier molecular flexibility index (Phi) is 4.58. The van der Waals surface area contributed by atoms with E-state index in [1.54, 1.807) is 13.2 Å². The number of halogens is 2. The number of hydrogen-bond acceptors (Lipinski definition) is 2. The third-order valence-electron chi connectivity index (χ3n) is 3.52. The highest BCUT2D eigenvalue weighted by atomic mass is 19.2. The normalized spacial score (nSPS) is 12.3. The Bertz CT molecular complexity index is 655. The molecule has 2 nitrogen and oxygen atoms in total. The zero-order valence-corrected chi connectivity index (χ0v) is 12.4. The first-order valence-electron chi connectivity index (χ1n) is 6.77. The Labute approximate surface area is 123 Å². The van der Waals surface area contributed by atoms with Crippen LogP contribution >= 0.6 is 0 Å². The summed E-state index contributed by atoms with van der Waals surface area (Å²) in [5.74, 6) is -0.980. The smallest absolute Gasteiger partial charge is 0.159 e. The lowest BCUT2D eigenvalue weighted by atomic mass is 9.94. The molecule has 0 fully saturated rings. The second-order valence-corrected chi connectivity index (χ2v) is 5.26. The van der Waals surface area contributed by atoms with Gasteiger partial charge in [-0.1, -0.05) is 12.1 Å². The highest BCUT2D eigenvalue weighted by Crippen LogP contribution is 2.30. The van der Waals surface area contributed by atoms with E-state index in [4.69, 9.17) is 10.5 Å². The van der Waals surface area contributed by atoms with Crippen LogP contribution in [0.15, 0.2) is 30.3 Å². The average Bonchev–Trinajstić information content (AvgIpc) is 2.41. The number of ether oxygens (including phenoxy) is 1. The van der Waals surface area contributed by atoms with Gasteiger partial charge in [0.05, 0.1) is 7.11 Å². The van der Waals surface area contributed by atoms with E-state index in [-0.39, 0.29) is 6.04 Å². The molecule has 2 N–H and O–H groups in total. The number of rotatable bonds is 4. The highest BCUT2D eigenvalue weighted by molar-refractivity contribution is 5.45. The molecule has 0 radical (unpaired) electrons. The van der Waals surface area contributed by atoms with Crippen LogP contribution in [-0.4, -0.2) is 7.11 Å². The van der Waals surface area contributed by atoms with Gasteiger partial charge in [0.15, 0.2) is 11.6 Å². The minimum Gasteiger partial charge on any atom is -0.496 e. The summed E-state index contributed by atoms with van der Waals surface area (Å²) in [4.78, 5) is 0. The molecule has 0 aromatic heterocycles. The van der Waals surface area contributed by atoms with Crippen molar-refractivity contribution in [3.05, 3.63) is 64.2 Å². The van der Waals surface area contributed by atoms with Crippen LogP contribution in [0.25, 0.3) is 0 Å². The Morgan fingerprint density at radius 2 is 1.81 bits per heavy atom. The predicted molar refractivity (Wildman–Crippen MR) is 79.5 cm³/mol. The molecule has 0 heterocycles. The quantitative estimate of drug-likeness (QED) is 0.929. The number of hydrogen-bond donors (Lipinski definition) is 1. The summed E-state index contributed by atoms with van der Waals surface area (Å²) in [6.45, 7) is 3.95. The molecule has 2 rings (SSSR count). The van der Waals surface area contributed by atoms with Gasteiger partial charge in [-0.15, -0.1) is 0 Å². The van der Waals surface area contributed by atoms with E-state index in [2.05, 4.69) is 0 Å². The van der Waals surface area contributed by atoms with Crippen molar-refractivity contribution in [1.82, 2.24) is 0 Å². The van der Waals surface area contributed by atoms with E-state index >= 15 is 0 Å². The fourth-order valence-electron chi connectivity index (χ4n) is 2.61. The van der Waals surface area contributed by atoms with Crippen molar-refractivity contribution in [3.8, 4) is 5.75 Å². The maximum Gasteiger partial charge on any atom is 0.159 e. The van der Waals surface area contributed by atoms with E-state index in [1.807, 2.05) is 26.0 Å². The second-order valence-electron chi connectivity index (χ2n) is 5.26. The zero-order valence-electron chi connectivity index (χ0n) is 12.4. The lowest BCUT2D eigenvalue weighted by molar-refractivity contribution is 0.404. The van der Waals surface area contributed by atoms with Gasteiger partial charge in [-0.3, -0.25) is 0 Å². The van der Waals surface area contributed by atoms with Crippen LogP contribution in [0.4, 0.5) is 8.78 Å². The van der Waals surface area contributed by atoms with Gasteiger partial charge in [-0.2, -0.15) is 0 Å². The first kappa shape index (κ1) is 15.4. The monoisotopic (exact) mass is 291 g/mol. The average molecular weight is 291 g/mol. The topological polar surface area (TPSA) is 35.2 Å². The molecule has 21 heavy (non-hydrogen) atoms. The maximum atomic E-state index is 13.3. The van der Waals surface area contributed by atoms with Crippen molar-refractivity contribution in [3.63, 3.8) is 0 Å². The van der Waals surface area contributed by atoms with Crippen LogP contribution in [-0.2, 0) is 6.42 Å². The maximum absolute atomic E-state index is 13.3. The zero-order chi connectivity index (χ0) is 15.6. The Hall–Kier alpha value is -1.94. The number of nitrogens with two attached hydrogens (primary N) is 1. The van der Waals surface area contributed by atoms with Gasteiger partial charge in [-0.25, -0.2) is 8.78 Å². The van der Waals surface area contributed by atoms with E-state index < -0.39 is 11.6 Å². The Balaban J connectivity index is 2.31. The SMILES string of the molecule is COc1cc(C)cc(C)c1C(N)Cc1ccc(F)c(F)c1. The molecule has 0 saturated heterocycles. The van der Waals surface area contributed by atoms with Crippen LogP contribution in [0.2, 0.25) is 0 Å². The number of aryl methyl sites for hydroxylation is 2. The first-order valence-corrected chi connectivity index (χ1v) is 6.77. The van der Waals surface area contributed by atoms with Crippen molar-refractivity contribution < 1.29 is 13.5 Å². The van der Waals surface area contributed by atoms with Gasteiger partial charge in [0.25, 0.3) is 0 Å². The van der Waals surface area contributed by atoms with Gasteiger partial charge in [0.1, 0.15) is 5.75 Å². The molecular formula is C17H19F2NO. The number of methoxy groups -OCH3 is 1. The van der Waals surface area contributed by atoms with E-state index in [0.29, 0.717) is 12.0 Å². The lowest BCUT2D eigenvalue weighted by Crippen LogP contribution is -2.16. The van der Waals surface area contributed by atoms with Gasteiger partial charge in [0.2, 0.25) is 0 Å². The van der Waals surface area contributed by atoms with Crippen molar-refractivity contribution in [2.24, 2.45) is 5.73 Å². The Morgan fingerprint density at radius 3 is 2.43 bits per heavy atom. The summed E-state index contributed by atoms with van der Waals surface area (Å²) in [5, 5.41) is 0. The fourth-order valence-corrected chi connectivity index (χ4v) is 2.61. The van der Waals surface area contributed by atoms with Crippen molar-refractivity contribution in [1.29, 1.82) is 0 Å². The van der Waals surface area contributed by atoms with E-state index in [9.17, 15) is 8.78 Å². The Morgan fingerprint density at radius 1 is 1.10 bits per heavy atom. The van der Waals surface area contributed by atoms with Gasteiger partial charge in [-0.05, 0) is 55.2 Å². The highest BCUT2D eigenvalue weighted by Gasteiger charge is 2.16. The van der Waals surface area contributed by atoms with Crippen LogP contribution in [0.1, 0.15) is 28.3 Å². The molecule has 1 atom stereocenters. The molecule has 0 bridgehead atoms. The van der Waals surface area contributed by atoms with Crippen LogP contribution in [0.5, 0.6) is 5.75 Å². The molecule has 112 valence electrons. The minimum absolute atomic E-state index is 0.342. The second kappa shape index (κ2) is 6.22. The predicted octanol–water partition coefficient (Wildman–Crippen LogP) is 3.83. The third kappa shape index (κ3) is 3.39. The molecular weight excluding hydrogens is 272 g/mol. The molecule has 0 amide bonds. The van der Waals surface area contributed by atoms with Gasteiger partial charge in [0, 0.05) is 11.6 Å². The van der Waals surface area contributed by atoms with E-state index in [0.717, 1.165) is 28.5 Å². The van der Waals surface area contributed by atoms with Crippen molar-refractivity contribution in [2.75, 3.05) is 7.11 Å². The van der Waals surface area contributed by atoms with E-state index in [1.165, 1.54) is 6.07 Å². The lowest BCUT2D eigenvalue weighted by Gasteiger charge is -2.19. The first-order chi connectivity index (χ1) is 9.92. The molecule has 0 saturated carbocycles. The summed E-state index contributed by atoms with van der Waals surface area (Å²) < 4.78 is 31.6. The molecule has 2 aromatic carbocycles. The van der Waals surface area contributed by atoms with Crippen LogP contribution in [0, 0.1) is 25.5 Å². The summed E-state index contributed by atoms with van der Waals surface area (Å²) in [5.41, 5.74) is 9.92. The molecule has 0 aliphatic carbocycles. The molecule has 0 spiro atoms. The van der Waals surface area contributed by atoms with Gasteiger partial charge < -0.3 is 10.5 Å². The standard InChI is InChI=1S/C17H19F2NO/c1-10-6-11(2)17(16(7-10)21-3)15(20)9-12-4-5-13(18)14(19)8-12/h4-8,15H,9,20H2,1-3H3. The largest absolute Gasteiger partial charge is 0.496 e. The fraction of sp³-hybridized carbons (Fsp3) is 0.294. The molecule has 1 unspecified atom stereocenters. The van der Waals surface area contributed by atoms with Crippen molar-refractivity contribution >= 4 is 0 Å². The summed E-state index contributed by atoms with van der Waals surface area (Å²) in [7, 11) is 1.60. The van der Waals surface area contributed by atoms with Crippen molar-refractivity contribution in [2.45, 2.75) is 26.3 Å². The summed E-state index contributed by atoms with van der Waals surface area (Å²) in [6, 6.07) is 7.47. The molecule has 4 heteroatoms. The molecule has 0 aliphatic heterocycles. The number of benzene rings is 2. The third-order valence-corrected chi connectivity index (χ3v) is 3.52.